The molecular formula is C15H15Cl2FNO6P. The highest BCUT2D eigenvalue weighted by Gasteiger charge is 2.23. The van der Waals surface area contributed by atoms with Gasteiger partial charge in [-0.15, -0.1) is 0 Å². The minimum absolute atomic E-state index is 0.0131. The average Bonchev–Trinajstić information content (AvgIpc) is 2.54. The van der Waals surface area contributed by atoms with Gasteiger partial charge in [-0.25, -0.2) is 0 Å². The summed E-state index contributed by atoms with van der Waals surface area (Å²) in [7, 11) is -4.53. The van der Waals surface area contributed by atoms with Crippen molar-refractivity contribution in [2.24, 2.45) is 0 Å². The normalized spacial score (nSPS) is 11.7. The summed E-state index contributed by atoms with van der Waals surface area (Å²) in [5.74, 6) is -1.83. The smallest absolute Gasteiger partial charge is 0.362 e. The second kappa shape index (κ2) is 7.98. The second-order valence-electron chi connectivity index (χ2n) is 5.58. The van der Waals surface area contributed by atoms with Crippen LogP contribution in [-0.4, -0.2) is 26.2 Å². The lowest BCUT2D eigenvalue weighted by atomic mass is 10.0. The van der Waals surface area contributed by atoms with E-state index in [9.17, 15) is 14.1 Å². The summed E-state index contributed by atoms with van der Waals surface area (Å²) in [4.78, 5) is 21.0. The summed E-state index contributed by atoms with van der Waals surface area (Å²) < 4.78 is 35.1. The Kier molecular flexibility index (Phi) is 6.37. The molecule has 0 unspecified atom stereocenters. The third kappa shape index (κ3) is 4.99. The summed E-state index contributed by atoms with van der Waals surface area (Å²) in [5.41, 5.74) is 0.585. The number of rotatable bonds is 6. The molecule has 7 nitrogen and oxygen atoms in total. The first-order chi connectivity index (χ1) is 12.0. The molecule has 0 aliphatic carbocycles. The van der Waals surface area contributed by atoms with E-state index in [1.807, 2.05) is 13.8 Å². The van der Waals surface area contributed by atoms with Gasteiger partial charge in [0.2, 0.25) is 11.8 Å². The zero-order valence-corrected chi connectivity index (χ0v) is 16.0. The third-order valence-electron chi connectivity index (χ3n) is 3.18. The molecule has 0 atom stereocenters. The van der Waals surface area contributed by atoms with Crippen LogP contribution in [0.4, 0.5) is 4.39 Å². The standard InChI is InChI=1S/C15H15Cl2FNO6P/c1-7(2)9-5-8(3-4-10(9)20)25-13-11(16)14(18)19-15(12(13)17)24-6-26(21,22)23/h3-5,7,20H,6H2,1-2H3,(H2,21,22,23). The topological polar surface area (TPSA) is 109 Å². The van der Waals surface area contributed by atoms with E-state index in [4.69, 9.17) is 42.5 Å². The maximum Gasteiger partial charge on any atom is 0.362 e. The monoisotopic (exact) mass is 425 g/mol. The molecule has 0 saturated heterocycles. The van der Waals surface area contributed by atoms with E-state index >= 15 is 0 Å². The Hall–Kier alpha value is -1.57. The first kappa shape index (κ1) is 20.7. The molecule has 1 aromatic carbocycles. The molecule has 142 valence electrons. The molecule has 2 rings (SSSR count). The first-order valence-corrected chi connectivity index (χ1v) is 9.77. The van der Waals surface area contributed by atoms with Crippen molar-refractivity contribution in [1.82, 2.24) is 4.98 Å². The van der Waals surface area contributed by atoms with E-state index < -0.39 is 30.8 Å². The van der Waals surface area contributed by atoms with E-state index in [1.165, 1.54) is 18.2 Å². The van der Waals surface area contributed by atoms with Crippen molar-refractivity contribution in [3.63, 3.8) is 0 Å². The number of phenols is 1. The summed E-state index contributed by atoms with van der Waals surface area (Å²) >= 11 is 11.9. The molecular weight excluding hydrogens is 411 g/mol. The van der Waals surface area contributed by atoms with Gasteiger partial charge >= 0.3 is 7.60 Å². The summed E-state index contributed by atoms with van der Waals surface area (Å²) in [5, 5.41) is 8.96. The molecule has 0 aliphatic rings. The van der Waals surface area contributed by atoms with Crippen LogP contribution in [0.1, 0.15) is 25.3 Å². The Balaban J connectivity index is 2.41. The van der Waals surface area contributed by atoms with Crippen LogP contribution in [0.15, 0.2) is 18.2 Å². The number of pyridine rings is 1. The van der Waals surface area contributed by atoms with Crippen molar-refractivity contribution in [3.05, 3.63) is 39.8 Å². The predicted molar refractivity (Wildman–Crippen MR) is 94.0 cm³/mol. The highest BCUT2D eigenvalue weighted by atomic mass is 35.5. The van der Waals surface area contributed by atoms with Crippen molar-refractivity contribution < 1.29 is 33.3 Å². The van der Waals surface area contributed by atoms with Gasteiger partial charge in [0, 0.05) is 5.56 Å². The minimum Gasteiger partial charge on any atom is -0.508 e. The fraction of sp³-hybridized carbons (Fsp3) is 0.267. The number of nitrogens with zero attached hydrogens (tertiary/aromatic N) is 1. The molecule has 11 heteroatoms. The van der Waals surface area contributed by atoms with Gasteiger partial charge in [-0.2, -0.15) is 9.37 Å². The molecule has 0 spiro atoms. The Morgan fingerprint density at radius 2 is 1.92 bits per heavy atom. The van der Waals surface area contributed by atoms with Crippen LogP contribution in [-0.2, 0) is 4.57 Å². The fourth-order valence-electron chi connectivity index (χ4n) is 1.98. The number of benzene rings is 1. The number of hydrogen-bond acceptors (Lipinski definition) is 5. The quantitative estimate of drug-likeness (QED) is 0.455. The van der Waals surface area contributed by atoms with Gasteiger partial charge in [-0.05, 0) is 24.1 Å². The number of ether oxygens (including phenoxy) is 2. The van der Waals surface area contributed by atoms with Gasteiger partial charge in [0.15, 0.2) is 12.1 Å². The van der Waals surface area contributed by atoms with Crippen LogP contribution < -0.4 is 9.47 Å². The summed E-state index contributed by atoms with van der Waals surface area (Å²) in [6.07, 6.45) is -1.04. The van der Waals surface area contributed by atoms with Crippen molar-refractivity contribution >= 4 is 30.8 Å². The molecule has 1 aromatic heterocycles. The van der Waals surface area contributed by atoms with Crippen molar-refractivity contribution in [1.29, 1.82) is 0 Å². The molecule has 0 radical (unpaired) electrons. The van der Waals surface area contributed by atoms with Gasteiger partial charge in [-0.3, -0.25) is 4.57 Å². The largest absolute Gasteiger partial charge is 0.508 e. The number of phenolic OH excluding ortho intramolecular Hbond substituents is 1. The van der Waals surface area contributed by atoms with Crippen LogP contribution in [0.3, 0.4) is 0 Å². The number of hydrogen-bond donors (Lipinski definition) is 3. The van der Waals surface area contributed by atoms with E-state index in [0.29, 0.717) is 5.56 Å². The maximum atomic E-state index is 13.9. The second-order valence-corrected chi connectivity index (χ2v) is 7.92. The minimum atomic E-state index is -4.53. The first-order valence-electron chi connectivity index (χ1n) is 7.22. The Morgan fingerprint density at radius 1 is 1.27 bits per heavy atom. The van der Waals surface area contributed by atoms with Gasteiger partial charge in [-0.1, -0.05) is 37.0 Å². The number of aromatic nitrogens is 1. The molecule has 26 heavy (non-hydrogen) atoms. The van der Waals surface area contributed by atoms with Crippen LogP contribution in [0, 0.1) is 5.95 Å². The highest BCUT2D eigenvalue weighted by Crippen LogP contribution is 2.44. The zero-order valence-electron chi connectivity index (χ0n) is 13.6. The van der Waals surface area contributed by atoms with Crippen LogP contribution in [0.2, 0.25) is 10.0 Å². The zero-order chi connectivity index (χ0) is 19.6. The third-order valence-corrected chi connectivity index (χ3v) is 4.30. The summed E-state index contributed by atoms with van der Waals surface area (Å²) in [6, 6.07) is 4.35. The van der Waals surface area contributed by atoms with Gasteiger partial charge in [0.1, 0.15) is 21.5 Å². The Morgan fingerprint density at radius 3 is 2.50 bits per heavy atom. The number of halogens is 3. The lowest BCUT2D eigenvalue weighted by Gasteiger charge is -2.15. The SMILES string of the molecule is CC(C)c1cc(Oc2c(Cl)c(F)nc(OCP(=O)(O)O)c2Cl)ccc1O. The molecule has 0 fully saturated rings. The fourth-order valence-corrected chi connectivity index (χ4v) is 2.73. The predicted octanol–water partition coefficient (Wildman–Crippen LogP) is 4.66. The summed E-state index contributed by atoms with van der Waals surface area (Å²) in [6.45, 7) is 3.72. The van der Waals surface area contributed by atoms with Crippen LogP contribution in [0.25, 0.3) is 0 Å². The van der Waals surface area contributed by atoms with E-state index in [-0.39, 0.29) is 28.2 Å². The average molecular weight is 426 g/mol. The molecule has 3 N–H and O–H groups in total. The lowest BCUT2D eigenvalue weighted by molar-refractivity contribution is 0.290. The lowest BCUT2D eigenvalue weighted by Crippen LogP contribution is -2.03. The van der Waals surface area contributed by atoms with Crippen molar-refractivity contribution in [2.45, 2.75) is 19.8 Å². The molecule has 0 aliphatic heterocycles. The molecule has 2 aromatic rings. The maximum absolute atomic E-state index is 13.9. The molecule has 0 saturated carbocycles. The van der Waals surface area contributed by atoms with E-state index in [2.05, 4.69) is 4.98 Å². The van der Waals surface area contributed by atoms with E-state index in [1.54, 1.807) is 0 Å². The van der Waals surface area contributed by atoms with Gasteiger partial charge in [0.25, 0.3) is 0 Å². The highest BCUT2D eigenvalue weighted by molar-refractivity contribution is 7.51. The van der Waals surface area contributed by atoms with Crippen molar-refractivity contribution in [3.8, 4) is 23.1 Å². The van der Waals surface area contributed by atoms with Crippen molar-refractivity contribution in [2.75, 3.05) is 6.35 Å². The Labute approximate surface area is 158 Å². The molecule has 0 amide bonds. The number of aromatic hydroxyl groups is 1. The molecule has 1 heterocycles. The Bertz CT molecular complexity index is 874. The van der Waals surface area contributed by atoms with E-state index in [0.717, 1.165) is 0 Å². The van der Waals surface area contributed by atoms with Gasteiger partial charge < -0.3 is 24.4 Å². The van der Waals surface area contributed by atoms with Gasteiger partial charge in [0.05, 0.1) is 0 Å². The van der Waals surface area contributed by atoms with Crippen LogP contribution >= 0.6 is 30.8 Å². The van der Waals surface area contributed by atoms with Crippen LogP contribution in [0.5, 0.6) is 23.1 Å². The molecule has 0 bridgehead atoms.